The van der Waals surface area contributed by atoms with E-state index in [1.54, 1.807) is 7.11 Å². The molecule has 29 heavy (non-hydrogen) atoms. The predicted molar refractivity (Wildman–Crippen MR) is 119 cm³/mol. The number of imidazole rings is 1. The lowest BCUT2D eigenvalue weighted by Gasteiger charge is -2.16. The summed E-state index contributed by atoms with van der Waals surface area (Å²) >= 11 is 0. The van der Waals surface area contributed by atoms with Crippen LogP contribution in [0.2, 0.25) is 0 Å². The zero-order chi connectivity index (χ0) is 20.4. The minimum absolute atomic E-state index is 0.0786. The van der Waals surface area contributed by atoms with Crippen LogP contribution in [0.3, 0.4) is 0 Å². The first-order chi connectivity index (χ1) is 14.1. The first-order valence-corrected chi connectivity index (χ1v) is 9.90. The van der Waals surface area contributed by atoms with Gasteiger partial charge in [-0.25, -0.2) is 4.98 Å². The monoisotopic (exact) mass is 386 g/mol. The molecular formula is C25H26N2O2. The summed E-state index contributed by atoms with van der Waals surface area (Å²) in [6.07, 6.45) is 7.89. The first-order valence-electron chi connectivity index (χ1n) is 9.90. The molecule has 1 N–H and O–H groups in total. The molecule has 0 saturated heterocycles. The van der Waals surface area contributed by atoms with E-state index in [1.165, 1.54) is 16.7 Å². The summed E-state index contributed by atoms with van der Waals surface area (Å²) in [7, 11) is 1.67. The number of nitrogens with one attached hydrogen (secondary N) is 1. The Kier molecular flexibility index (Phi) is 5.26. The summed E-state index contributed by atoms with van der Waals surface area (Å²) in [6.45, 7) is 7.97. The number of aryl methyl sites for hydroxylation is 1. The molecule has 2 aromatic carbocycles. The standard InChI is InChI=1S/C25H26N2O2/c1-5-7-18-14-20(13-17(18)6-2)29-24-15-19(9-11-23(24)28-4)25-26-21-10-8-16(3)12-22(21)27-25/h5-12,15,20H,1,13-14H2,2-4H3,(H,26,27)/b17-6-,18-7-. The number of aromatic nitrogens is 2. The van der Waals surface area contributed by atoms with Crippen LogP contribution in [-0.2, 0) is 0 Å². The van der Waals surface area contributed by atoms with Gasteiger partial charge < -0.3 is 14.5 Å². The highest BCUT2D eigenvalue weighted by molar-refractivity contribution is 5.80. The highest BCUT2D eigenvalue weighted by atomic mass is 16.5. The van der Waals surface area contributed by atoms with Crippen LogP contribution < -0.4 is 9.47 Å². The normalized spacial score (nSPS) is 19.2. The van der Waals surface area contributed by atoms with Gasteiger partial charge in [0.1, 0.15) is 11.9 Å². The zero-order valence-corrected chi connectivity index (χ0v) is 17.2. The molecule has 1 aromatic heterocycles. The average molecular weight is 386 g/mol. The van der Waals surface area contributed by atoms with Crippen molar-refractivity contribution in [3.05, 3.63) is 77.9 Å². The molecule has 4 rings (SSSR count). The second-order valence-corrected chi connectivity index (χ2v) is 7.36. The van der Waals surface area contributed by atoms with Crippen LogP contribution in [0, 0.1) is 6.92 Å². The van der Waals surface area contributed by atoms with Gasteiger partial charge in [-0.2, -0.15) is 0 Å². The van der Waals surface area contributed by atoms with Gasteiger partial charge in [0.15, 0.2) is 11.5 Å². The molecule has 1 fully saturated rings. The Bertz CT molecular complexity index is 1120. The lowest BCUT2D eigenvalue weighted by Crippen LogP contribution is -2.12. The van der Waals surface area contributed by atoms with E-state index in [2.05, 4.69) is 49.7 Å². The Labute approximate surface area is 171 Å². The number of H-pyrrole nitrogens is 1. The Hall–Kier alpha value is -3.27. The van der Waals surface area contributed by atoms with E-state index in [1.807, 2.05) is 30.3 Å². The van der Waals surface area contributed by atoms with E-state index >= 15 is 0 Å². The zero-order valence-electron chi connectivity index (χ0n) is 17.2. The van der Waals surface area contributed by atoms with Gasteiger partial charge in [-0.1, -0.05) is 30.9 Å². The lowest BCUT2D eigenvalue weighted by atomic mass is 10.1. The molecule has 1 saturated carbocycles. The largest absolute Gasteiger partial charge is 0.493 e. The number of allylic oxidation sites excluding steroid dienone is 3. The lowest BCUT2D eigenvalue weighted by molar-refractivity contribution is 0.207. The van der Waals surface area contributed by atoms with Crippen molar-refractivity contribution in [2.45, 2.75) is 32.8 Å². The van der Waals surface area contributed by atoms with E-state index < -0.39 is 0 Å². The van der Waals surface area contributed by atoms with E-state index in [-0.39, 0.29) is 6.10 Å². The number of methoxy groups -OCH3 is 1. The minimum atomic E-state index is 0.0786. The summed E-state index contributed by atoms with van der Waals surface area (Å²) in [5, 5.41) is 0. The van der Waals surface area contributed by atoms with E-state index in [4.69, 9.17) is 14.5 Å². The van der Waals surface area contributed by atoms with Crippen molar-refractivity contribution in [2.75, 3.05) is 7.11 Å². The van der Waals surface area contributed by atoms with E-state index in [9.17, 15) is 0 Å². The Balaban J connectivity index is 1.65. The van der Waals surface area contributed by atoms with Gasteiger partial charge in [-0.15, -0.1) is 0 Å². The fraction of sp³-hybridized carbons (Fsp3) is 0.240. The molecule has 4 nitrogen and oxygen atoms in total. The molecule has 1 unspecified atom stereocenters. The molecule has 1 aliphatic carbocycles. The third-order valence-corrected chi connectivity index (χ3v) is 5.34. The van der Waals surface area contributed by atoms with Crippen molar-refractivity contribution in [1.82, 2.24) is 9.97 Å². The van der Waals surface area contributed by atoms with E-state index in [0.717, 1.165) is 46.8 Å². The molecule has 1 aliphatic rings. The van der Waals surface area contributed by atoms with Gasteiger partial charge in [0.05, 0.1) is 18.1 Å². The Morgan fingerprint density at radius 3 is 2.69 bits per heavy atom. The van der Waals surface area contributed by atoms with Crippen LogP contribution in [0.25, 0.3) is 22.4 Å². The fourth-order valence-electron chi connectivity index (χ4n) is 3.88. The van der Waals surface area contributed by atoms with Crippen molar-refractivity contribution in [3.63, 3.8) is 0 Å². The van der Waals surface area contributed by atoms with Crippen LogP contribution in [-0.4, -0.2) is 23.2 Å². The second-order valence-electron chi connectivity index (χ2n) is 7.36. The Morgan fingerprint density at radius 2 is 1.93 bits per heavy atom. The maximum Gasteiger partial charge on any atom is 0.162 e. The number of rotatable bonds is 5. The SMILES string of the molecule is C=C/C=C1/CC(Oc2cc(-c3nc4ccc(C)cc4[nH]3)ccc2OC)C/C1=C/C. The summed E-state index contributed by atoms with van der Waals surface area (Å²) < 4.78 is 11.9. The molecule has 0 bridgehead atoms. The number of hydrogen-bond acceptors (Lipinski definition) is 3. The molecule has 0 aliphatic heterocycles. The van der Waals surface area contributed by atoms with Crippen LogP contribution in [0.5, 0.6) is 11.5 Å². The number of hydrogen-bond donors (Lipinski definition) is 1. The van der Waals surface area contributed by atoms with E-state index in [0.29, 0.717) is 0 Å². The number of nitrogens with zero attached hydrogens (tertiary/aromatic N) is 1. The second kappa shape index (κ2) is 8.00. The summed E-state index contributed by atoms with van der Waals surface area (Å²) in [5.74, 6) is 2.29. The summed E-state index contributed by atoms with van der Waals surface area (Å²) in [5.41, 5.74) is 6.77. The highest BCUT2D eigenvalue weighted by Crippen LogP contribution is 2.38. The van der Waals surface area contributed by atoms with Crippen molar-refractivity contribution in [1.29, 1.82) is 0 Å². The van der Waals surface area contributed by atoms with Gasteiger partial charge in [-0.3, -0.25) is 0 Å². The number of aromatic amines is 1. The predicted octanol–water partition coefficient (Wildman–Crippen LogP) is 6.15. The van der Waals surface area contributed by atoms with Crippen LogP contribution in [0.1, 0.15) is 25.3 Å². The van der Waals surface area contributed by atoms with Crippen LogP contribution in [0.15, 0.2) is 72.4 Å². The topological polar surface area (TPSA) is 47.1 Å². The van der Waals surface area contributed by atoms with Gasteiger partial charge in [0.25, 0.3) is 0 Å². The van der Waals surface area contributed by atoms with Gasteiger partial charge in [0.2, 0.25) is 0 Å². The molecule has 0 radical (unpaired) electrons. The van der Waals surface area contributed by atoms with Crippen molar-refractivity contribution >= 4 is 11.0 Å². The third-order valence-electron chi connectivity index (χ3n) is 5.34. The maximum absolute atomic E-state index is 6.38. The Morgan fingerprint density at radius 1 is 1.10 bits per heavy atom. The minimum Gasteiger partial charge on any atom is -0.493 e. The fourth-order valence-corrected chi connectivity index (χ4v) is 3.88. The average Bonchev–Trinajstić information content (AvgIpc) is 3.31. The van der Waals surface area contributed by atoms with Gasteiger partial charge in [0, 0.05) is 18.4 Å². The molecule has 4 heteroatoms. The number of ether oxygens (including phenoxy) is 2. The van der Waals surface area contributed by atoms with Crippen LogP contribution >= 0.6 is 0 Å². The molecule has 0 amide bonds. The summed E-state index contributed by atoms with van der Waals surface area (Å²) in [6, 6.07) is 12.2. The van der Waals surface area contributed by atoms with Crippen molar-refractivity contribution in [2.24, 2.45) is 0 Å². The molecule has 3 aromatic rings. The molecule has 0 spiro atoms. The third kappa shape index (κ3) is 3.83. The molecule has 148 valence electrons. The smallest absolute Gasteiger partial charge is 0.162 e. The number of fused-ring (bicyclic) bond motifs is 1. The van der Waals surface area contributed by atoms with Gasteiger partial charge >= 0.3 is 0 Å². The highest BCUT2D eigenvalue weighted by Gasteiger charge is 2.26. The van der Waals surface area contributed by atoms with Crippen molar-refractivity contribution in [3.8, 4) is 22.9 Å². The quantitative estimate of drug-likeness (QED) is 0.572. The summed E-state index contributed by atoms with van der Waals surface area (Å²) in [4.78, 5) is 8.15. The number of benzene rings is 2. The molecule has 1 heterocycles. The van der Waals surface area contributed by atoms with Crippen LogP contribution in [0.4, 0.5) is 0 Å². The van der Waals surface area contributed by atoms with Crippen molar-refractivity contribution < 1.29 is 9.47 Å². The maximum atomic E-state index is 6.38. The molecule has 1 atom stereocenters. The first kappa shape index (κ1) is 19.1. The van der Waals surface area contributed by atoms with Gasteiger partial charge in [-0.05, 0) is 60.9 Å². The molecular weight excluding hydrogens is 360 g/mol.